The molecule has 0 aliphatic heterocycles. The van der Waals surface area contributed by atoms with Crippen LogP contribution >= 0.6 is 0 Å². The molecule has 1 aliphatic carbocycles. The molecule has 0 saturated carbocycles. The molecule has 0 spiro atoms. The molecule has 96 valence electrons. The van der Waals surface area contributed by atoms with Crippen molar-refractivity contribution in [1.82, 2.24) is 4.98 Å². The quantitative estimate of drug-likeness (QED) is 0.763. The molecule has 1 unspecified atom stereocenters. The van der Waals surface area contributed by atoms with Crippen LogP contribution in [0.5, 0.6) is 0 Å². The number of carbonyl (C=O) groups excluding carboxylic acids is 1. The first kappa shape index (κ1) is 12.1. The Hall–Kier alpha value is -1.96. The minimum absolute atomic E-state index is 0.0586. The second-order valence-electron chi connectivity index (χ2n) is 5.32. The minimum Gasteiger partial charge on any atom is -0.293 e. The van der Waals surface area contributed by atoms with Gasteiger partial charge in [0.05, 0.1) is 11.6 Å². The Kier molecular flexibility index (Phi) is 2.94. The summed E-state index contributed by atoms with van der Waals surface area (Å²) in [7, 11) is 0. The van der Waals surface area contributed by atoms with Crippen molar-refractivity contribution in [3.8, 4) is 0 Å². The van der Waals surface area contributed by atoms with E-state index in [0.29, 0.717) is 0 Å². The molecule has 0 saturated heterocycles. The number of hydrogen-bond donors (Lipinski definition) is 0. The molecule has 1 aliphatic rings. The van der Waals surface area contributed by atoms with Gasteiger partial charge in [0.25, 0.3) is 0 Å². The maximum atomic E-state index is 12.7. The molecule has 0 N–H and O–H groups in total. The van der Waals surface area contributed by atoms with Gasteiger partial charge in [-0.15, -0.1) is 0 Å². The van der Waals surface area contributed by atoms with Crippen LogP contribution in [-0.2, 0) is 6.42 Å². The molecule has 1 aromatic carbocycles. The summed E-state index contributed by atoms with van der Waals surface area (Å²) >= 11 is 0. The van der Waals surface area contributed by atoms with Crippen LogP contribution in [0.15, 0.2) is 36.5 Å². The van der Waals surface area contributed by atoms with Crippen molar-refractivity contribution in [2.75, 3.05) is 0 Å². The zero-order valence-electron chi connectivity index (χ0n) is 11.3. The molecule has 1 aromatic heterocycles. The first-order valence-electron chi connectivity index (χ1n) is 6.72. The number of rotatable bonds is 2. The summed E-state index contributed by atoms with van der Waals surface area (Å²) in [5, 5.41) is 0. The maximum absolute atomic E-state index is 12.7. The average Bonchev–Trinajstić information content (AvgIpc) is 2.84. The standard InChI is InChI=1S/C17H17NO/c1-11-5-6-12(2)15(10-11)17(19)14-8-7-13-4-3-9-18-16(13)14/h3-6,9-10,14H,7-8H2,1-2H3. The lowest BCUT2D eigenvalue weighted by Crippen LogP contribution is -2.13. The van der Waals surface area contributed by atoms with Gasteiger partial charge < -0.3 is 0 Å². The van der Waals surface area contributed by atoms with Crippen molar-refractivity contribution in [2.24, 2.45) is 0 Å². The summed E-state index contributed by atoms with van der Waals surface area (Å²) in [6.45, 7) is 4.03. The Morgan fingerprint density at radius 3 is 2.95 bits per heavy atom. The van der Waals surface area contributed by atoms with Crippen LogP contribution < -0.4 is 0 Å². The fourth-order valence-electron chi connectivity index (χ4n) is 2.86. The molecule has 0 amide bonds. The highest BCUT2D eigenvalue weighted by atomic mass is 16.1. The maximum Gasteiger partial charge on any atom is 0.172 e. The zero-order chi connectivity index (χ0) is 13.4. The minimum atomic E-state index is -0.0586. The number of aromatic nitrogens is 1. The SMILES string of the molecule is Cc1ccc(C)c(C(=O)C2CCc3cccnc32)c1. The monoisotopic (exact) mass is 251 g/mol. The van der Waals surface area contributed by atoms with E-state index in [2.05, 4.69) is 11.1 Å². The van der Waals surface area contributed by atoms with Crippen molar-refractivity contribution in [1.29, 1.82) is 0 Å². The van der Waals surface area contributed by atoms with E-state index >= 15 is 0 Å². The predicted octanol–water partition coefficient (Wildman–Crippen LogP) is 3.61. The fourth-order valence-corrected chi connectivity index (χ4v) is 2.86. The van der Waals surface area contributed by atoms with Crippen molar-refractivity contribution in [3.05, 3.63) is 64.5 Å². The van der Waals surface area contributed by atoms with Gasteiger partial charge in [-0.25, -0.2) is 0 Å². The van der Waals surface area contributed by atoms with E-state index < -0.39 is 0 Å². The molecular weight excluding hydrogens is 234 g/mol. The zero-order valence-corrected chi connectivity index (χ0v) is 11.3. The van der Waals surface area contributed by atoms with E-state index in [0.717, 1.165) is 35.2 Å². The third-order valence-corrected chi connectivity index (χ3v) is 3.93. The molecule has 1 heterocycles. The van der Waals surface area contributed by atoms with Crippen LogP contribution in [0.4, 0.5) is 0 Å². The van der Waals surface area contributed by atoms with Gasteiger partial charge in [-0.2, -0.15) is 0 Å². The topological polar surface area (TPSA) is 30.0 Å². The van der Waals surface area contributed by atoms with Gasteiger partial charge in [-0.1, -0.05) is 23.8 Å². The van der Waals surface area contributed by atoms with Gasteiger partial charge in [-0.3, -0.25) is 9.78 Å². The summed E-state index contributed by atoms with van der Waals surface area (Å²) in [4.78, 5) is 17.2. The Morgan fingerprint density at radius 1 is 1.26 bits per heavy atom. The number of carbonyl (C=O) groups is 1. The molecule has 3 rings (SSSR count). The van der Waals surface area contributed by atoms with E-state index in [9.17, 15) is 4.79 Å². The third kappa shape index (κ3) is 2.07. The van der Waals surface area contributed by atoms with Gasteiger partial charge in [-0.05, 0) is 49.9 Å². The van der Waals surface area contributed by atoms with Gasteiger partial charge in [0.2, 0.25) is 0 Å². The molecular formula is C17H17NO. The summed E-state index contributed by atoms with van der Waals surface area (Å²) < 4.78 is 0. The summed E-state index contributed by atoms with van der Waals surface area (Å²) in [6, 6.07) is 10.1. The number of Topliss-reactive ketones (excluding diaryl/α,β-unsaturated/α-hetero) is 1. The Bertz CT molecular complexity index is 645. The molecule has 0 fully saturated rings. The number of pyridine rings is 1. The second-order valence-corrected chi connectivity index (χ2v) is 5.32. The largest absolute Gasteiger partial charge is 0.293 e. The van der Waals surface area contributed by atoms with E-state index in [1.807, 2.05) is 38.1 Å². The summed E-state index contributed by atoms with van der Waals surface area (Å²) in [6.07, 6.45) is 3.64. The number of ketones is 1. The summed E-state index contributed by atoms with van der Waals surface area (Å²) in [5.74, 6) is 0.162. The smallest absolute Gasteiger partial charge is 0.172 e. The van der Waals surface area contributed by atoms with E-state index in [-0.39, 0.29) is 11.7 Å². The average molecular weight is 251 g/mol. The Labute approximate surface area is 113 Å². The fraction of sp³-hybridized carbons (Fsp3) is 0.294. The lowest BCUT2D eigenvalue weighted by Gasteiger charge is -2.12. The Morgan fingerprint density at radius 2 is 2.11 bits per heavy atom. The number of nitrogens with zero attached hydrogens (tertiary/aromatic N) is 1. The number of aryl methyl sites for hydroxylation is 3. The Balaban J connectivity index is 2.00. The normalized spacial score (nSPS) is 17.3. The third-order valence-electron chi connectivity index (χ3n) is 3.93. The molecule has 1 atom stereocenters. The first-order valence-corrected chi connectivity index (χ1v) is 6.72. The van der Waals surface area contributed by atoms with E-state index in [4.69, 9.17) is 0 Å². The van der Waals surface area contributed by atoms with Crippen LogP contribution in [0, 0.1) is 13.8 Å². The molecule has 2 nitrogen and oxygen atoms in total. The van der Waals surface area contributed by atoms with E-state index in [1.165, 1.54) is 5.56 Å². The van der Waals surface area contributed by atoms with Crippen molar-refractivity contribution in [3.63, 3.8) is 0 Å². The van der Waals surface area contributed by atoms with Gasteiger partial charge >= 0.3 is 0 Å². The molecule has 2 heteroatoms. The van der Waals surface area contributed by atoms with Crippen LogP contribution in [-0.4, -0.2) is 10.8 Å². The van der Waals surface area contributed by atoms with Crippen molar-refractivity contribution in [2.45, 2.75) is 32.6 Å². The summed E-state index contributed by atoms with van der Waals surface area (Å²) in [5.41, 5.74) is 5.25. The number of fused-ring (bicyclic) bond motifs is 1. The predicted molar refractivity (Wildman–Crippen MR) is 75.5 cm³/mol. The molecule has 19 heavy (non-hydrogen) atoms. The molecule has 2 aromatic rings. The lowest BCUT2D eigenvalue weighted by molar-refractivity contribution is 0.0957. The van der Waals surface area contributed by atoms with Gasteiger partial charge in [0.1, 0.15) is 0 Å². The highest BCUT2D eigenvalue weighted by Crippen LogP contribution is 2.34. The van der Waals surface area contributed by atoms with Crippen LogP contribution in [0.2, 0.25) is 0 Å². The van der Waals surface area contributed by atoms with Gasteiger partial charge in [0.15, 0.2) is 5.78 Å². The van der Waals surface area contributed by atoms with Crippen LogP contribution in [0.25, 0.3) is 0 Å². The first-order chi connectivity index (χ1) is 9.16. The highest BCUT2D eigenvalue weighted by molar-refractivity contribution is 6.02. The highest BCUT2D eigenvalue weighted by Gasteiger charge is 2.30. The van der Waals surface area contributed by atoms with E-state index in [1.54, 1.807) is 6.20 Å². The number of hydrogen-bond acceptors (Lipinski definition) is 2. The van der Waals surface area contributed by atoms with Crippen molar-refractivity contribution >= 4 is 5.78 Å². The van der Waals surface area contributed by atoms with Gasteiger partial charge in [0, 0.05) is 11.8 Å². The number of benzene rings is 1. The molecule has 0 bridgehead atoms. The van der Waals surface area contributed by atoms with Crippen LogP contribution in [0.3, 0.4) is 0 Å². The lowest BCUT2D eigenvalue weighted by atomic mass is 9.91. The molecule has 0 radical (unpaired) electrons. The second kappa shape index (κ2) is 4.61. The van der Waals surface area contributed by atoms with Crippen LogP contribution in [0.1, 0.15) is 45.1 Å². The van der Waals surface area contributed by atoms with Crippen molar-refractivity contribution < 1.29 is 4.79 Å².